The molecule has 0 aliphatic carbocycles. The van der Waals surface area contributed by atoms with E-state index in [9.17, 15) is 4.79 Å². The molecule has 0 unspecified atom stereocenters. The second-order valence-corrected chi connectivity index (χ2v) is 6.31. The van der Waals surface area contributed by atoms with Crippen LogP contribution in [0.25, 0.3) is 0 Å². The molecular formula is C17H24N2O2. The van der Waals surface area contributed by atoms with Crippen LogP contribution in [0.2, 0.25) is 0 Å². The number of fused-ring (bicyclic) bond motifs is 1. The van der Waals surface area contributed by atoms with Crippen LogP contribution in [0.5, 0.6) is 5.75 Å². The van der Waals surface area contributed by atoms with Crippen LogP contribution in [0.15, 0.2) is 24.3 Å². The Morgan fingerprint density at radius 2 is 2.05 bits per heavy atom. The van der Waals surface area contributed by atoms with E-state index in [1.54, 1.807) is 0 Å². The van der Waals surface area contributed by atoms with Crippen LogP contribution in [-0.4, -0.2) is 47.5 Å². The Bertz CT molecular complexity index is 500. The summed E-state index contributed by atoms with van der Waals surface area (Å²) in [6.45, 7) is 8.37. The molecule has 2 heterocycles. The molecule has 2 aliphatic heterocycles. The van der Waals surface area contributed by atoms with E-state index in [2.05, 4.69) is 28.9 Å². The third kappa shape index (κ3) is 3.44. The summed E-state index contributed by atoms with van der Waals surface area (Å²) in [5, 5.41) is 0. The quantitative estimate of drug-likeness (QED) is 0.631. The minimum absolute atomic E-state index is 0.270. The van der Waals surface area contributed by atoms with E-state index in [-0.39, 0.29) is 5.97 Å². The van der Waals surface area contributed by atoms with Gasteiger partial charge in [0, 0.05) is 38.6 Å². The van der Waals surface area contributed by atoms with Gasteiger partial charge in [-0.3, -0.25) is 14.6 Å². The van der Waals surface area contributed by atoms with E-state index in [0.717, 1.165) is 12.6 Å². The first-order valence-electron chi connectivity index (χ1n) is 7.87. The first kappa shape index (κ1) is 14.5. The van der Waals surface area contributed by atoms with Crippen molar-refractivity contribution in [1.82, 2.24) is 9.80 Å². The Morgan fingerprint density at radius 3 is 2.76 bits per heavy atom. The topological polar surface area (TPSA) is 32.8 Å². The van der Waals surface area contributed by atoms with E-state index >= 15 is 0 Å². The van der Waals surface area contributed by atoms with Crippen LogP contribution in [0, 0.1) is 0 Å². The summed E-state index contributed by atoms with van der Waals surface area (Å²) in [6, 6.07) is 9.24. The smallest absolute Gasteiger partial charge is 0.308 e. The van der Waals surface area contributed by atoms with Crippen molar-refractivity contribution in [3.8, 4) is 5.75 Å². The maximum atomic E-state index is 10.9. The maximum absolute atomic E-state index is 10.9. The number of benzene rings is 1. The van der Waals surface area contributed by atoms with Crippen LogP contribution in [0.3, 0.4) is 0 Å². The summed E-state index contributed by atoms with van der Waals surface area (Å²) >= 11 is 0. The molecule has 3 rings (SSSR count). The molecule has 2 atom stereocenters. The molecule has 0 N–H and O–H groups in total. The average Bonchev–Trinajstić information content (AvgIpc) is 2.88. The molecule has 0 radical (unpaired) electrons. The van der Waals surface area contributed by atoms with Gasteiger partial charge in [-0.2, -0.15) is 0 Å². The Morgan fingerprint density at radius 1 is 1.29 bits per heavy atom. The largest absolute Gasteiger partial charge is 0.427 e. The highest BCUT2D eigenvalue weighted by molar-refractivity contribution is 5.69. The number of nitrogens with zero attached hydrogens (tertiary/aromatic N) is 2. The molecule has 2 fully saturated rings. The first-order chi connectivity index (χ1) is 10.1. The van der Waals surface area contributed by atoms with E-state index in [4.69, 9.17) is 4.74 Å². The van der Waals surface area contributed by atoms with Gasteiger partial charge in [-0.1, -0.05) is 12.1 Å². The van der Waals surface area contributed by atoms with Gasteiger partial charge in [-0.25, -0.2) is 0 Å². The molecule has 4 nitrogen and oxygen atoms in total. The molecule has 0 bridgehead atoms. The summed E-state index contributed by atoms with van der Waals surface area (Å²) in [4.78, 5) is 16.1. The summed E-state index contributed by atoms with van der Waals surface area (Å²) < 4.78 is 5.08. The Balaban J connectivity index is 1.61. The second kappa shape index (κ2) is 6.16. The maximum Gasteiger partial charge on any atom is 0.308 e. The Kier molecular flexibility index (Phi) is 4.27. The lowest BCUT2D eigenvalue weighted by Gasteiger charge is -2.42. The van der Waals surface area contributed by atoms with Crippen LogP contribution in [-0.2, 0) is 11.3 Å². The predicted octanol–water partition coefficient (Wildman–Crippen LogP) is 2.28. The third-order valence-corrected chi connectivity index (χ3v) is 4.64. The minimum Gasteiger partial charge on any atom is -0.427 e. The van der Waals surface area contributed by atoms with Gasteiger partial charge in [-0.05, 0) is 44.0 Å². The van der Waals surface area contributed by atoms with E-state index in [1.165, 1.54) is 45.0 Å². The number of hydrogen-bond donors (Lipinski definition) is 0. The van der Waals surface area contributed by atoms with Gasteiger partial charge in [0.05, 0.1) is 0 Å². The Labute approximate surface area is 126 Å². The molecule has 0 aromatic heterocycles. The number of rotatable bonds is 3. The molecule has 2 aliphatic rings. The van der Waals surface area contributed by atoms with Crippen LogP contribution >= 0.6 is 0 Å². The standard InChI is InChI=1S/C17H24N2O2/c1-13-10-18-9-3-4-16(18)12-19(13)11-15-5-7-17(8-6-15)21-14(2)20/h5-8,13,16H,3-4,9-12H2,1-2H3/t13-,16+/m1/s1. The van der Waals surface area contributed by atoms with Crippen molar-refractivity contribution >= 4 is 5.97 Å². The summed E-state index contributed by atoms with van der Waals surface area (Å²) in [7, 11) is 0. The van der Waals surface area contributed by atoms with Crippen molar-refractivity contribution in [2.75, 3.05) is 19.6 Å². The first-order valence-corrected chi connectivity index (χ1v) is 7.87. The second-order valence-electron chi connectivity index (χ2n) is 6.31. The van der Waals surface area contributed by atoms with Crippen molar-refractivity contribution in [2.45, 2.75) is 45.3 Å². The molecule has 1 aromatic rings. The zero-order chi connectivity index (χ0) is 14.8. The monoisotopic (exact) mass is 288 g/mol. The minimum atomic E-state index is -0.270. The molecule has 2 saturated heterocycles. The number of esters is 1. The normalized spacial score (nSPS) is 26.6. The van der Waals surface area contributed by atoms with Gasteiger partial charge in [-0.15, -0.1) is 0 Å². The van der Waals surface area contributed by atoms with Gasteiger partial charge in [0.2, 0.25) is 0 Å². The number of carbonyl (C=O) groups is 1. The molecule has 4 heteroatoms. The predicted molar refractivity (Wildman–Crippen MR) is 82.2 cm³/mol. The number of ether oxygens (including phenoxy) is 1. The molecule has 1 aromatic carbocycles. The van der Waals surface area contributed by atoms with Crippen molar-refractivity contribution in [3.05, 3.63) is 29.8 Å². The average molecular weight is 288 g/mol. The van der Waals surface area contributed by atoms with E-state index in [0.29, 0.717) is 11.8 Å². The Hall–Kier alpha value is -1.39. The van der Waals surface area contributed by atoms with E-state index < -0.39 is 0 Å². The summed E-state index contributed by atoms with van der Waals surface area (Å²) in [5.41, 5.74) is 1.28. The van der Waals surface area contributed by atoms with Gasteiger partial charge >= 0.3 is 5.97 Å². The lowest BCUT2D eigenvalue weighted by molar-refractivity contribution is -0.131. The fourth-order valence-corrected chi connectivity index (χ4v) is 3.53. The molecular weight excluding hydrogens is 264 g/mol. The van der Waals surface area contributed by atoms with Gasteiger partial charge in [0.1, 0.15) is 5.75 Å². The molecule has 0 saturated carbocycles. The lowest BCUT2D eigenvalue weighted by atomic mass is 10.1. The highest BCUT2D eigenvalue weighted by Gasteiger charge is 2.34. The highest BCUT2D eigenvalue weighted by atomic mass is 16.5. The molecule has 21 heavy (non-hydrogen) atoms. The number of piperazine rings is 1. The zero-order valence-corrected chi connectivity index (χ0v) is 12.9. The van der Waals surface area contributed by atoms with Crippen molar-refractivity contribution in [2.24, 2.45) is 0 Å². The SMILES string of the molecule is CC(=O)Oc1ccc(CN2C[C@@H]3CCCN3C[C@H]2C)cc1. The van der Waals surface area contributed by atoms with Crippen molar-refractivity contribution in [3.63, 3.8) is 0 Å². The van der Waals surface area contributed by atoms with Crippen LogP contribution < -0.4 is 4.74 Å². The third-order valence-electron chi connectivity index (χ3n) is 4.64. The fraction of sp³-hybridized carbons (Fsp3) is 0.588. The van der Waals surface area contributed by atoms with Gasteiger partial charge < -0.3 is 4.74 Å². The van der Waals surface area contributed by atoms with Crippen LogP contribution in [0.4, 0.5) is 0 Å². The number of hydrogen-bond acceptors (Lipinski definition) is 4. The van der Waals surface area contributed by atoms with Crippen molar-refractivity contribution in [1.29, 1.82) is 0 Å². The number of carbonyl (C=O) groups excluding carboxylic acids is 1. The molecule has 114 valence electrons. The lowest BCUT2D eigenvalue weighted by Crippen LogP contribution is -2.54. The van der Waals surface area contributed by atoms with E-state index in [1.807, 2.05) is 12.1 Å². The van der Waals surface area contributed by atoms with Crippen LogP contribution in [0.1, 0.15) is 32.3 Å². The highest BCUT2D eigenvalue weighted by Crippen LogP contribution is 2.26. The molecule has 0 spiro atoms. The summed E-state index contributed by atoms with van der Waals surface area (Å²) in [5.74, 6) is 0.355. The van der Waals surface area contributed by atoms with Gasteiger partial charge in [0.25, 0.3) is 0 Å². The summed E-state index contributed by atoms with van der Waals surface area (Å²) in [6.07, 6.45) is 2.69. The van der Waals surface area contributed by atoms with Crippen molar-refractivity contribution < 1.29 is 9.53 Å². The zero-order valence-electron chi connectivity index (χ0n) is 12.9. The fourth-order valence-electron chi connectivity index (χ4n) is 3.53. The van der Waals surface area contributed by atoms with Gasteiger partial charge in [0.15, 0.2) is 0 Å². The molecule has 0 amide bonds.